The van der Waals surface area contributed by atoms with Gasteiger partial charge in [-0.15, -0.1) is 0 Å². The lowest BCUT2D eigenvalue weighted by Crippen LogP contribution is -2.40. The fourth-order valence-corrected chi connectivity index (χ4v) is 3.41. The Hall–Kier alpha value is -2.68. The SMILES string of the molecule is CNC(=O)C1CCN(c2c(C#N)cnc3c(C)cc(F)cc23)CC1. The van der Waals surface area contributed by atoms with Crippen LogP contribution in [0, 0.1) is 30.0 Å². The van der Waals surface area contributed by atoms with Crippen molar-refractivity contribution in [1.29, 1.82) is 5.26 Å². The summed E-state index contributed by atoms with van der Waals surface area (Å²) < 4.78 is 13.9. The van der Waals surface area contributed by atoms with Crippen molar-refractivity contribution >= 4 is 22.5 Å². The molecule has 0 aliphatic carbocycles. The van der Waals surface area contributed by atoms with Crippen LogP contribution in [-0.2, 0) is 4.79 Å². The maximum Gasteiger partial charge on any atom is 0.222 e. The molecule has 0 atom stereocenters. The number of anilines is 1. The van der Waals surface area contributed by atoms with Gasteiger partial charge in [0.25, 0.3) is 0 Å². The van der Waals surface area contributed by atoms with Gasteiger partial charge in [-0.3, -0.25) is 9.78 Å². The summed E-state index contributed by atoms with van der Waals surface area (Å²) in [4.78, 5) is 18.2. The predicted molar refractivity (Wildman–Crippen MR) is 90.2 cm³/mol. The standard InChI is InChI=1S/C18H19FN4O/c1-11-7-14(19)8-15-16(11)22-10-13(9-20)17(15)23-5-3-12(4-6-23)18(24)21-2/h7-8,10,12H,3-6H2,1-2H3,(H,21,24). The normalized spacial score (nSPS) is 15.3. The van der Waals surface area contributed by atoms with Crippen LogP contribution in [0.15, 0.2) is 18.3 Å². The number of nitrogens with zero attached hydrogens (tertiary/aromatic N) is 3. The molecule has 3 rings (SSSR count). The lowest BCUT2D eigenvalue weighted by molar-refractivity contribution is -0.125. The molecule has 0 saturated carbocycles. The molecule has 2 heterocycles. The molecule has 1 saturated heterocycles. The number of nitrogens with one attached hydrogen (secondary N) is 1. The largest absolute Gasteiger partial charge is 0.370 e. The van der Waals surface area contributed by atoms with Crippen LogP contribution in [-0.4, -0.2) is 31.0 Å². The number of rotatable bonds is 2. The van der Waals surface area contributed by atoms with Gasteiger partial charge in [0.05, 0.1) is 16.8 Å². The molecule has 0 unspecified atom stereocenters. The number of carbonyl (C=O) groups is 1. The molecule has 5 nitrogen and oxygen atoms in total. The summed E-state index contributed by atoms with van der Waals surface area (Å²) in [6, 6.07) is 5.05. The second-order valence-electron chi connectivity index (χ2n) is 6.13. The fourth-order valence-electron chi connectivity index (χ4n) is 3.41. The number of piperidine rings is 1. The van der Waals surface area contributed by atoms with Crippen LogP contribution in [0.2, 0.25) is 0 Å². The second kappa shape index (κ2) is 6.44. The third kappa shape index (κ3) is 2.78. The summed E-state index contributed by atoms with van der Waals surface area (Å²) in [5, 5.41) is 12.8. The van der Waals surface area contributed by atoms with Gasteiger partial charge in [0.15, 0.2) is 0 Å². The van der Waals surface area contributed by atoms with Gasteiger partial charge in [-0.25, -0.2) is 4.39 Å². The Balaban J connectivity index is 2.03. The predicted octanol–water partition coefficient (Wildman–Crippen LogP) is 2.52. The van der Waals surface area contributed by atoms with Crippen molar-refractivity contribution in [1.82, 2.24) is 10.3 Å². The van der Waals surface area contributed by atoms with Gasteiger partial charge in [0, 0.05) is 37.6 Å². The number of pyridine rings is 1. The molecule has 1 aromatic carbocycles. The van der Waals surface area contributed by atoms with Gasteiger partial charge in [0.1, 0.15) is 11.9 Å². The smallest absolute Gasteiger partial charge is 0.222 e. The van der Waals surface area contributed by atoms with Gasteiger partial charge in [-0.1, -0.05) is 0 Å². The van der Waals surface area contributed by atoms with Crippen LogP contribution in [0.3, 0.4) is 0 Å². The fraction of sp³-hybridized carbons (Fsp3) is 0.389. The van der Waals surface area contributed by atoms with Crippen LogP contribution in [0.4, 0.5) is 10.1 Å². The molecule has 1 fully saturated rings. The molecule has 124 valence electrons. The van der Waals surface area contributed by atoms with Gasteiger partial charge in [0.2, 0.25) is 5.91 Å². The van der Waals surface area contributed by atoms with E-state index in [0.29, 0.717) is 42.4 Å². The number of aryl methyl sites for hydroxylation is 1. The van der Waals surface area contributed by atoms with E-state index in [1.807, 2.05) is 6.92 Å². The maximum atomic E-state index is 13.9. The Morgan fingerprint density at radius 2 is 2.12 bits per heavy atom. The summed E-state index contributed by atoms with van der Waals surface area (Å²) >= 11 is 0. The number of carbonyl (C=O) groups excluding carboxylic acids is 1. The minimum absolute atomic E-state index is 0.0108. The Labute approximate surface area is 140 Å². The lowest BCUT2D eigenvalue weighted by atomic mass is 9.94. The monoisotopic (exact) mass is 326 g/mol. The van der Waals surface area contributed by atoms with Gasteiger partial charge < -0.3 is 10.2 Å². The molecule has 0 spiro atoms. The highest BCUT2D eigenvalue weighted by Crippen LogP contribution is 2.34. The van der Waals surface area contributed by atoms with Crippen LogP contribution in [0.25, 0.3) is 10.9 Å². The number of hydrogen-bond donors (Lipinski definition) is 1. The molecule has 24 heavy (non-hydrogen) atoms. The molecule has 6 heteroatoms. The van der Waals surface area contributed by atoms with Crippen molar-refractivity contribution in [2.45, 2.75) is 19.8 Å². The Bertz CT molecular complexity index is 835. The summed E-state index contributed by atoms with van der Waals surface area (Å²) in [6.45, 7) is 3.12. The Morgan fingerprint density at radius 3 is 2.75 bits per heavy atom. The van der Waals surface area contributed by atoms with Crippen LogP contribution in [0.5, 0.6) is 0 Å². The van der Waals surface area contributed by atoms with Crippen LogP contribution < -0.4 is 10.2 Å². The molecular weight excluding hydrogens is 307 g/mol. The molecular formula is C18H19FN4O. The molecule has 1 aromatic heterocycles. The number of amides is 1. The molecule has 0 bridgehead atoms. The van der Waals surface area contributed by atoms with Crippen molar-refractivity contribution in [3.63, 3.8) is 0 Å². The molecule has 1 aliphatic heterocycles. The van der Waals surface area contributed by atoms with E-state index in [2.05, 4.69) is 21.3 Å². The minimum atomic E-state index is -0.335. The lowest BCUT2D eigenvalue weighted by Gasteiger charge is -2.34. The molecule has 1 amide bonds. The van der Waals surface area contributed by atoms with E-state index < -0.39 is 0 Å². The minimum Gasteiger partial charge on any atom is -0.370 e. The zero-order chi connectivity index (χ0) is 17.3. The number of hydrogen-bond acceptors (Lipinski definition) is 4. The van der Waals surface area contributed by atoms with Gasteiger partial charge in [-0.2, -0.15) is 5.26 Å². The van der Waals surface area contributed by atoms with Crippen LogP contribution in [0.1, 0.15) is 24.0 Å². The number of halogens is 1. The number of fused-ring (bicyclic) bond motifs is 1. The van der Waals surface area contributed by atoms with Crippen molar-refractivity contribution in [3.8, 4) is 6.07 Å². The van der Waals surface area contributed by atoms with E-state index in [9.17, 15) is 14.4 Å². The first kappa shape index (κ1) is 16.2. The zero-order valence-corrected chi connectivity index (χ0v) is 13.8. The third-order valence-corrected chi connectivity index (χ3v) is 4.65. The van der Waals surface area contributed by atoms with E-state index in [0.717, 1.165) is 11.3 Å². The topological polar surface area (TPSA) is 69.0 Å². The van der Waals surface area contributed by atoms with E-state index in [4.69, 9.17) is 0 Å². The van der Waals surface area contributed by atoms with Crippen molar-refractivity contribution in [3.05, 3.63) is 35.3 Å². The first-order valence-corrected chi connectivity index (χ1v) is 8.00. The highest BCUT2D eigenvalue weighted by atomic mass is 19.1. The summed E-state index contributed by atoms with van der Waals surface area (Å²) in [6.07, 6.45) is 2.97. The Kier molecular flexibility index (Phi) is 4.34. The molecule has 2 aromatic rings. The number of aromatic nitrogens is 1. The first-order chi connectivity index (χ1) is 11.5. The van der Waals surface area contributed by atoms with Gasteiger partial charge >= 0.3 is 0 Å². The first-order valence-electron chi connectivity index (χ1n) is 8.00. The van der Waals surface area contributed by atoms with Crippen molar-refractivity contribution in [2.75, 3.05) is 25.0 Å². The zero-order valence-electron chi connectivity index (χ0n) is 13.8. The van der Waals surface area contributed by atoms with Gasteiger partial charge in [-0.05, 0) is 37.5 Å². The van der Waals surface area contributed by atoms with E-state index >= 15 is 0 Å². The van der Waals surface area contributed by atoms with E-state index in [-0.39, 0.29) is 17.6 Å². The molecule has 1 N–H and O–H groups in total. The van der Waals surface area contributed by atoms with E-state index in [1.165, 1.54) is 12.1 Å². The average molecular weight is 326 g/mol. The summed E-state index contributed by atoms with van der Waals surface area (Å²) in [5.74, 6) is -0.293. The van der Waals surface area contributed by atoms with Crippen molar-refractivity contribution in [2.24, 2.45) is 5.92 Å². The molecule has 1 aliphatic rings. The summed E-state index contributed by atoms with van der Waals surface area (Å²) in [7, 11) is 1.64. The highest BCUT2D eigenvalue weighted by Gasteiger charge is 2.27. The molecule has 0 radical (unpaired) electrons. The second-order valence-corrected chi connectivity index (χ2v) is 6.13. The Morgan fingerprint density at radius 1 is 1.42 bits per heavy atom. The maximum absolute atomic E-state index is 13.9. The summed E-state index contributed by atoms with van der Waals surface area (Å²) in [5.41, 5.74) is 2.61. The van der Waals surface area contributed by atoms with Crippen LogP contribution >= 0.6 is 0 Å². The quantitative estimate of drug-likeness (QED) is 0.921. The number of benzene rings is 1. The number of nitriles is 1. The highest BCUT2D eigenvalue weighted by molar-refractivity contribution is 5.96. The third-order valence-electron chi connectivity index (χ3n) is 4.65. The van der Waals surface area contributed by atoms with Crippen molar-refractivity contribution < 1.29 is 9.18 Å². The van der Waals surface area contributed by atoms with E-state index in [1.54, 1.807) is 13.2 Å². The average Bonchev–Trinajstić information content (AvgIpc) is 2.60.